The van der Waals surface area contributed by atoms with Gasteiger partial charge in [-0.15, -0.1) is 0 Å². The van der Waals surface area contributed by atoms with E-state index >= 15 is 0 Å². The second kappa shape index (κ2) is 5.94. The summed E-state index contributed by atoms with van der Waals surface area (Å²) in [6.07, 6.45) is -1.98. The van der Waals surface area contributed by atoms with Gasteiger partial charge in [-0.3, -0.25) is 0 Å². The zero-order valence-electron chi connectivity index (χ0n) is 11.5. The van der Waals surface area contributed by atoms with Crippen LogP contribution in [-0.4, -0.2) is 51.5 Å². The van der Waals surface area contributed by atoms with Gasteiger partial charge in [0.1, 0.15) is 0 Å². The van der Waals surface area contributed by atoms with Gasteiger partial charge in [0.25, 0.3) is 5.95 Å². The van der Waals surface area contributed by atoms with Gasteiger partial charge in [0, 0.05) is 33.0 Å². The minimum atomic E-state index is -4.22. The van der Waals surface area contributed by atoms with Crippen LogP contribution in [0.1, 0.15) is 6.42 Å². The lowest BCUT2D eigenvalue weighted by Crippen LogP contribution is -2.26. The molecule has 0 aliphatic rings. The van der Waals surface area contributed by atoms with Gasteiger partial charge in [-0.2, -0.15) is 33.2 Å². The van der Waals surface area contributed by atoms with Crippen molar-refractivity contribution in [2.75, 3.05) is 30.9 Å². The number of nitrogens with zero attached hydrogens (tertiary/aromatic N) is 6. The van der Waals surface area contributed by atoms with Crippen molar-refractivity contribution in [1.29, 1.82) is 0 Å². The number of nitrogens with one attached hydrogen (secondary N) is 1. The van der Waals surface area contributed by atoms with E-state index in [1.807, 2.05) is 0 Å². The van der Waals surface area contributed by atoms with Crippen LogP contribution in [-0.2, 0) is 0 Å². The molecule has 0 saturated heterocycles. The molecule has 0 atom stereocenters. The van der Waals surface area contributed by atoms with Crippen LogP contribution >= 0.6 is 0 Å². The van der Waals surface area contributed by atoms with Gasteiger partial charge in [-0.1, -0.05) is 0 Å². The molecule has 0 aliphatic heterocycles. The molecule has 0 unspecified atom stereocenters. The Labute approximate surface area is 118 Å². The summed E-state index contributed by atoms with van der Waals surface area (Å²) < 4.78 is 38.2. The van der Waals surface area contributed by atoms with E-state index in [4.69, 9.17) is 0 Å². The van der Waals surface area contributed by atoms with Crippen LogP contribution in [0.2, 0.25) is 0 Å². The first-order chi connectivity index (χ1) is 9.89. The Bertz CT molecular complexity index is 582. The molecule has 2 aromatic rings. The van der Waals surface area contributed by atoms with Crippen molar-refractivity contribution in [3.63, 3.8) is 0 Å². The van der Waals surface area contributed by atoms with E-state index < -0.39 is 12.6 Å². The number of hydrogen-bond donors (Lipinski definition) is 1. The van der Waals surface area contributed by atoms with Crippen LogP contribution in [0.3, 0.4) is 0 Å². The molecule has 0 saturated carbocycles. The third-order valence-electron chi connectivity index (χ3n) is 2.62. The van der Waals surface area contributed by atoms with Crippen molar-refractivity contribution in [3.8, 4) is 5.95 Å². The highest BCUT2D eigenvalue weighted by Crippen LogP contribution is 2.21. The van der Waals surface area contributed by atoms with Gasteiger partial charge in [0.2, 0.25) is 11.9 Å². The topological polar surface area (TPSA) is 71.8 Å². The largest absolute Gasteiger partial charge is 0.390 e. The molecule has 0 amide bonds. The molecular weight excluding hydrogens is 287 g/mol. The summed E-state index contributed by atoms with van der Waals surface area (Å²) in [5.41, 5.74) is 0. The van der Waals surface area contributed by atoms with Crippen molar-refractivity contribution in [2.24, 2.45) is 0 Å². The van der Waals surface area contributed by atoms with E-state index in [9.17, 15) is 13.2 Å². The average molecular weight is 301 g/mol. The van der Waals surface area contributed by atoms with Crippen LogP contribution in [0.4, 0.5) is 25.1 Å². The van der Waals surface area contributed by atoms with Crippen LogP contribution in [0.15, 0.2) is 18.5 Å². The summed E-state index contributed by atoms with van der Waals surface area (Å²) in [6, 6.07) is 1.69. The van der Waals surface area contributed by atoms with Crippen molar-refractivity contribution < 1.29 is 13.2 Å². The fraction of sp³-hybridized carbons (Fsp3) is 0.455. The number of halogens is 3. The maximum Gasteiger partial charge on any atom is 0.390 e. The summed E-state index contributed by atoms with van der Waals surface area (Å²) in [6.45, 7) is -0.241. The normalized spacial score (nSPS) is 11.5. The van der Waals surface area contributed by atoms with Gasteiger partial charge in [0.15, 0.2) is 0 Å². The lowest BCUT2D eigenvalue weighted by molar-refractivity contribution is -0.132. The molecule has 0 aliphatic carbocycles. The summed E-state index contributed by atoms with van der Waals surface area (Å²) in [5, 5.41) is 6.73. The molecule has 2 heterocycles. The van der Waals surface area contributed by atoms with Crippen molar-refractivity contribution >= 4 is 11.9 Å². The number of anilines is 2. The minimum Gasteiger partial charge on any atom is -0.357 e. The highest BCUT2D eigenvalue weighted by molar-refractivity contribution is 5.38. The lowest BCUT2D eigenvalue weighted by Gasteiger charge is -2.18. The number of rotatable bonds is 5. The molecule has 10 heteroatoms. The second-order valence-corrected chi connectivity index (χ2v) is 4.25. The molecule has 2 aromatic heterocycles. The predicted octanol–water partition coefficient (Wildman–Crippen LogP) is 1.49. The van der Waals surface area contributed by atoms with Gasteiger partial charge in [0.05, 0.1) is 6.42 Å². The molecule has 114 valence electrons. The maximum atomic E-state index is 12.3. The van der Waals surface area contributed by atoms with Crippen LogP contribution in [0, 0.1) is 0 Å². The number of aromatic nitrogens is 5. The first-order valence-corrected chi connectivity index (χ1v) is 6.11. The number of alkyl halides is 3. The Kier molecular flexibility index (Phi) is 4.24. The van der Waals surface area contributed by atoms with Crippen molar-refractivity contribution in [1.82, 2.24) is 24.7 Å². The molecule has 21 heavy (non-hydrogen) atoms. The molecule has 0 radical (unpaired) electrons. The van der Waals surface area contributed by atoms with E-state index in [1.165, 1.54) is 16.6 Å². The Morgan fingerprint density at radius 2 is 2.05 bits per heavy atom. The molecule has 0 fully saturated rings. The smallest absolute Gasteiger partial charge is 0.357 e. The van der Waals surface area contributed by atoms with Crippen molar-refractivity contribution in [2.45, 2.75) is 12.6 Å². The molecule has 0 aromatic carbocycles. The zero-order valence-corrected chi connectivity index (χ0v) is 11.5. The van der Waals surface area contributed by atoms with Gasteiger partial charge < -0.3 is 10.2 Å². The minimum absolute atomic E-state index is 0.143. The summed E-state index contributed by atoms with van der Waals surface area (Å²) >= 11 is 0. The highest BCUT2D eigenvalue weighted by Gasteiger charge is 2.27. The molecule has 0 bridgehead atoms. The first-order valence-electron chi connectivity index (χ1n) is 6.11. The van der Waals surface area contributed by atoms with E-state index in [1.54, 1.807) is 25.5 Å². The van der Waals surface area contributed by atoms with Gasteiger partial charge in [-0.25, -0.2) is 4.68 Å². The lowest BCUT2D eigenvalue weighted by atomic mass is 10.4. The Morgan fingerprint density at radius 3 is 2.62 bits per heavy atom. The quantitative estimate of drug-likeness (QED) is 0.902. The zero-order chi connectivity index (χ0) is 15.5. The van der Waals surface area contributed by atoms with Crippen LogP contribution < -0.4 is 10.2 Å². The first kappa shape index (κ1) is 15.0. The molecule has 0 spiro atoms. The Balaban J connectivity index is 2.24. The third kappa shape index (κ3) is 4.04. The Morgan fingerprint density at radius 1 is 1.29 bits per heavy atom. The van der Waals surface area contributed by atoms with E-state index in [-0.39, 0.29) is 24.4 Å². The van der Waals surface area contributed by atoms with Gasteiger partial charge >= 0.3 is 6.18 Å². The molecular formula is C11H14F3N7. The third-order valence-corrected chi connectivity index (χ3v) is 2.62. The van der Waals surface area contributed by atoms with E-state index in [0.717, 1.165) is 0 Å². The summed E-state index contributed by atoms with van der Waals surface area (Å²) in [7, 11) is 3.11. The summed E-state index contributed by atoms with van der Waals surface area (Å²) in [5.74, 6) is 0.627. The standard InChI is InChI=1S/C11H14F3N7/c1-15-8-17-9(20(2)7-4-11(12,13)14)19-10(18-8)21-6-3-5-16-21/h3,5-6H,4,7H2,1-2H3,(H,15,17,18,19). The van der Waals surface area contributed by atoms with E-state index in [0.29, 0.717) is 0 Å². The monoisotopic (exact) mass is 301 g/mol. The van der Waals surface area contributed by atoms with Gasteiger partial charge in [-0.05, 0) is 6.07 Å². The van der Waals surface area contributed by atoms with E-state index in [2.05, 4.69) is 25.4 Å². The second-order valence-electron chi connectivity index (χ2n) is 4.25. The SMILES string of the molecule is CNc1nc(N(C)CCC(F)(F)F)nc(-n2cccn2)n1. The number of hydrogen-bond acceptors (Lipinski definition) is 6. The molecule has 2 rings (SSSR count). The molecule has 7 nitrogen and oxygen atoms in total. The Hall–Kier alpha value is -2.39. The fourth-order valence-electron chi connectivity index (χ4n) is 1.52. The fourth-order valence-corrected chi connectivity index (χ4v) is 1.52. The summed E-state index contributed by atoms with van der Waals surface area (Å²) in [4.78, 5) is 13.6. The maximum absolute atomic E-state index is 12.3. The molecule has 1 N–H and O–H groups in total. The predicted molar refractivity (Wildman–Crippen MR) is 70.4 cm³/mol. The highest BCUT2D eigenvalue weighted by atomic mass is 19.4. The van der Waals surface area contributed by atoms with Crippen molar-refractivity contribution in [3.05, 3.63) is 18.5 Å². The van der Waals surface area contributed by atoms with Crippen LogP contribution in [0.25, 0.3) is 5.95 Å². The average Bonchev–Trinajstić information content (AvgIpc) is 2.97. The van der Waals surface area contributed by atoms with Crippen LogP contribution in [0.5, 0.6) is 0 Å².